The number of nitrogens with zero attached hydrogens (tertiary/aromatic N) is 1. The summed E-state index contributed by atoms with van der Waals surface area (Å²) in [6.45, 7) is 5.22. The summed E-state index contributed by atoms with van der Waals surface area (Å²) >= 11 is 0. The van der Waals surface area contributed by atoms with Crippen LogP contribution in [0.25, 0.3) is 5.70 Å². The summed E-state index contributed by atoms with van der Waals surface area (Å²) in [5, 5.41) is 0. The quantitative estimate of drug-likeness (QED) is 0.788. The molecule has 0 aliphatic carbocycles. The largest absolute Gasteiger partial charge is 0.378 e. The van der Waals surface area contributed by atoms with E-state index in [1.807, 2.05) is 13.0 Å². The standard InChI is InChI=1S/C13H18N2O4/c1-3-4-18-8-11-5-10(7-19-11)15-6-9(2)12(16)14-13(15)17/h5-6,11H,3-4,7-8H2,1-2H3,(H,14,16,17)/t11-/m0/s1. The van der Waals surface area contributed by atoms with Crippen LogP contribution in [0.2, 0.25) is 0 Å². The fourth-order valence-corrected chi connectivity index (χ4v) is 1.87. The van der Waals surface area contributed by atoms with Crippen molar-refractivity contribution in [2.75, 3.05) is 19.8 Å². The van der Waals surface area contributed by atoms with Crippen molar-refractivity contribution in [3.05, 3.63) is 38.7 Å². The highest BCUT2D eigenvalue weighted by Gasteiger charge is 2.18. The van der Waals surface area contributed by atoms with Crippen LogP contribution in [-0.2, 0) is 9.47 Å². The van der Waals surface area contributed by atoms with Crippen molar-refractivity contribution in [2.45, 2.75) is 26.4 Å². The Kier molecular flexibility index (Phi) is 4.34. The van der Waals surface area contributed by atoms with Crippen molar-refractivity contribution < 1.29 is 9.47 Å². The molecule has 1 aromatic rings. The topological polar surface area (TPSA) is 73.3 Å². The summed E-state index contributed by atoms with van der Waals surface area (Å²) in [6.07, 6.45) is 4.21. The molecule has 2 rings (SSSR count). The molecular weight excluding hydrogens is 248 g/mol. The molecule has 1 aliphatic rings. The van der Waals surface area contributed by atoms with Gasteiger partial charge in [-0.1, -0.05) is 6.92 Å². The number of aryl methyl sites for hydroxylation is 1. The number of rotatable bonds is 5. The molecule has 0 radical (unpaired) electrons. The van der Waals surface area contributed by atoms with Crippen molar-refractivity contribution >= 4 is 5.70 Å². The van der Waals surface area contributed by atoms with Gasteiger partial charge < -0.3 is 9.47 Å². The number of aromatic amines is 1. The molecular formula is C13H18N2O4. The summed E-state index contributed by atoms with van der Waals surface area (Å²) in [5.41, 5.74) is 0.421. The van der Waals surface area contributed by atoms with Crippen molar-refractivity contribution in [1.29, 1.82) is 0 Å². The van der Waals surface area contributed by atoms with Crippen molar-refractivity contribution in [3.63, 3.8) is 0 Å². The van der Waals surface area contributed by atoms with Crippen LogP contribution >= 0.6 is 0 Å². The Morgan fingerprint density at radius 2 is 2.32 bits per heavy atom. The number of ether oxygens (including phenoxy) is 2. The molecule has 0 unspecified atom stereocenters. The van der Waals surface area contributed by atoms with Gasteiger partial charge in [-0.3, -0.25) is 14.3 Å². The Bertz CT molecular complexity index is 585. The van der Waals surface area contributed by atoms with Crippen molar-refractivity contribution in [1.82, 2.24) is 9.55 Å². The van der Waals surface area contributed by atoms with E-state index in [4.69, 9.17) is 9.47 Å². The second-order valence-corrected chi connectivity index (χ2v) is 4.52. The maximum Gasteiger partial charge on any atom is 0.332 e. The smallest absolute Gasteiger partial charge is 0.332 e. The lowest BCUT2D eigenvalue weighted by molar-refractivity contribution is 0.0303. The summed E-state index contributed by atoms with van der Waals surface area (Å²) in [6, 6.07) is 0. The molecule has 19 heavy (non-hydrogen) atoms. The SMILES string of the molecule is CCCOC[C@@H]1C=C(n2cc(C)c(=O)[nH]c2=O)CO1. The van der Waals surface area contributed by atoms with E-state index in [1.165, 1.54) is 10.8 Å². The zero-order valence-electron chi connectivity index (χ0n) is 11.1. The first-order valence-electron chi connectivity index (χ1n) is 6.34. The number of aromatic nitrogens is 2. The third kappa shape index (κ3) is 3.21. The Balaban J connectivity index is 2.15. The van der Waals surface area contributed by atoms with Crippen molar-refractivity contribution in [2.24, 2.45) is 0 Å². The zero-order valence-corrected chi connectivity index (χ0v) is 11.1. The van der Waals surface area contributed by atoms with Gasteiger partial charge in [-0.15, -0.1) is 0 Å². The average Bonchev–Trinajstić information content (AvgIpc) is 2.83. The minimum absolute atomic E-state index is 0.138. The molecule has 1 N–H and O–H groups in total. The van der Waals surface area contributed by atoms with Crippen LogP contribution in [0.4, 0.5) is 0 Å². The Morgan fingerprint density at radius 1 is 1.53 bits per heavy atom. The van der Waals surface area contributed by atoms with Crippen molar-refractivity contribution in [3.8, 4) is 0 Å². The van der Waals surface area contributed by atoms with Gasteiger partial charge in [-0.05, 0) is 19.4 Å². The first kappa shape index (κ1) is 13.8. The van der Waals surface area contributed by atoms with E-state index in [0.717, 1.165) is 12.1 Å². The molecule has 1 aliphatic heterocycles. The van der Waals surface area contributed by atoms with Gasteiger partial charge >= 0.3 is 5.69 Å². The number of H-pyrrole nitrogens is 1. The third-order valence-electron chi connectivity index (χ3n) is 2.88. The summed E-state index contributed by atoms with van der Waals surface area (Å²) in [7, 11) is 0. The molecule has 0 saturated heterocycles. The van der Waals surface area contributed by atoms with Gasteiger partial charge in [-0.2, -0.15) is 0 Å². The fraction of sp³-hybridized carbons (Fsp3) is 0.538. The minimum Gasteiger partial charge on any atom is -0.378 e. The first-order valence-corrected chi connectivity index (χ1v) is 6.34. The zero-order chi connectivity index (χ0) is 13.8. The third-order valence-corrected chi connectivity index (χ3v) is 2.88. The van der Waals surface area contributed by atoms with E-state index in [2.05, 4.69) is 4.98 Å². The minimum atomic E-state index is -0.444. The average molecular weight is 266 g/mol. The number of nitrogens with one attached hydrogen (secondary N) is 1. The normalized spacial score (nSPS) is 18.6. The highest BCUT2D eigenvalue weighted by Crippen LogP contribution is 2.15. The van der Waals surface area contributed by atoms with Crippen LogP contribution in [-0.4, -0.2) is 35.5 Å². The van der Waals surface area contributed by atoms with Crippen LogP contribution in [0.1, 0.15) is 18.9 Å². The van der Waals surface area contributed by atoms with E-state index in [-0.39, 0.29) is 11.7 Å². The molecule has 0 saturated carbocycles. The molecule has 2 heterocycles. The van der Waals surface area contributed by atoms with Gasteiger partial charge in [0.25, 0.3) is 5.56 Å². The van der Waals surface area contributed by atoms with Crippen LogP contribution in [0.3, 0.4) is 0 Å². The van der Waals surface area contributed by atoms with E-state index in [1.54, 1.807) is 6.92 Å². The molecule has 0 bridgehead atoms. The Labute approximate surface area is 110 Å². The van der Waals surface area contributed by atoms with E-state index >= 15 is 0 Å². The second-order valence-electron chi connectivity index (χ2n) is 4.52. The lowest BCUT2D eigenvalue weighted by Gasteiger charge is -2.07. The summed E-state index contributed by atoms with van der Waals surface area (Å²) in [5.74, 6) is 0. The predicted octanol–water partition coefficient (Wildman–Crippen LogP) is 0.511. The molecule has 0 spiro atoms. The lowest BCUT2D eigenvalue weighted by Crippen LogP contribution is -2.30. The van der Waals surface area contributed by atoms with Crippen LogP contribution < -0.4 is 11.2 Å². The molecule has 104 valence electrons. The number of hydrogen-bond donors (Lipinski definition) is 1. The Hall–Kier alpha value is -1.66. The highest BCUT2D eigenvalue weighted by atomic mass is 16.5. The Morgan fingerprint density at radius 3 is 3.05 bits per heavy atom. The predicted molar refractivity (Wildman–Crippen MR) is 71.2 cm³/mol. The first-order chi connectivity index (χ1) is 9.11. The molecule has 6 nitrogen and oxygen atoms in total. The van der Waals surface area contributed by atoms with Crippen LogP contribution in [0.5, 0.6) is 0 Å². The molecule has 6 heteroatoms. The van der Waals surface area contributed by atoms with Crippen LogP contribution in [0, 0.1) is 6.92 Å². The van der Waals surface area contributed by atoms with Gasteiger partial charge in [0, 0.05) is 18.4 Å². The lowest BCUT2D eigenvalue weighted by atomic mass is 10.3. The van der Waals surface area contributed by atoms with E-state index in [0.29, 0.717) is 25.4 Å². The van der Waals surface area contributed by atoms with Crippen LogP contribution in [0.15, 0.2) is 21.9 Å². The molecule has 1 atom stereocenters. The molecule has 0 amide bonds. The van der Waals surface area contributed by atoms with E-state index in [9.17, 15) is 9.59 Å². The van der Waals surface area contributed by atoms with Gasteiger partial charge in [0.15, 0.2) is 0 Å². The molecule has 1 aromatic heterocycles. The van der Waals surface area contributed by atoms with E-state index < -0.39 is 5.69 Å². The highest BCUT2D eigenvalue weighted by molar-refractivity contribution is 5.49. The summed E-state index contributed by atoms with van der Waals surface area (Å²) in [4.78, 5) is 25.3. The molecule has 0 fully saturated rings. The molecule has 0 aromatic carbocycles. The second kappa shape index (κ2) is 5.99. The van der Waals surface area contributed by atoms with Gasteiger partial charge in [0.1, 0.15) is 6.10 Å². The summed E-state index contributed by atoms with van der Waals surface area (Å²) < 4.78 is 12.3. The number of hydrogen-bond acceptors (Lipinski definition) is 4. The monoisotopic (exact) mass is 266 g/mol. The van der Waals surface area contributed by atoms with Gasteiger partial charge in [0.2, 0.25) is 0 Å². The van der Waals surface area contributed by atoms with Gasteiger partial charge in [0.05, 0.1) is 18.9 Å². The maximum atomic E-state index is 11.7. The maximum absolute atomic E-state index is 11.7. The fourth-order valence-electron chi connectivity index (χ4n) is 1.87. The van der Waals surface area contributed by atoms with Gasteiger partial charge in [-0.25, -0.2) is 4.79 Å².